The van der Waals surface area contributed by atoms with Crippen LogP contribution in [0.4, 0.5) is 15.9 Å². The summed E-state index contributed by atoms with van der Waals surface area (Å²) in [7, 11) is 0. The lowest BCUT2D eigenvalue weighted by atomic mass is 10.2. The third-order valence-corrected chi connectivity index (χ3v) is 3.28. The van der Waals surface area contributed by atoms with E-state index in [0.29, 0.717) is 16.8 Å². The van der Waals surface area contributed by atoms with Crippen LogP contribution in [-0.2, 0) is 0 Å². The van der Waals surface area contributed by atoms with Crippen molar-refractivity contribution in [1.29, 1.82) is 0 Å². The molecule has 3 aromatic rings. The first-order valence-electron chi connectivity index (χ1n) is 6.60. The standard InChI is InChI=1S/C16H12ClFN4/c1-10-8-12(18)2-3-13(10)20-15-9-14(17)21-16(22-15)11-4-6-19-7-5-11/h2-9H,1H3,(H,20,21,22). The molecule has 0 aliphatic rings. The minimum atomic E-state index is -0.277. The Morgan fingerprint density at radius 2 is 1.82 bits per heavy atom. The molecule has 4 nitrogen and oxygen atoms in total. The van der Waals surface area contributed by atoms with Crippen molar-refractivity contribution in [1.82, 2.24) is 15.0 Å². The number of pyridine rings is 1. The van der Waals surface area contributed by atoms with Crippen molar-refractivity contribution in [3.05, 3.63) is 65.3 Å². The largest absolute Gasteiger partial charge is 0.340 e. The van der Waals surface area contributed by atoms with Crippen LogP contribution in [0.5, 0.6) is 0 Å². The number of hydrogen-bond acceptors (Lipinski definition) is 4. The Balaban J connectivity index is 1.96. The van der Waals surface area contributed by atoms with Crippen LogP contribution in [-0.4, -0.2) is 15.0 Å². The van der Waals surface area contributed by atoms with Crippen molar-refractivity contribution in [2.24, 2.45) is 0 Å². The normalized spacial score (nSPS) is 10.5. The fourth-order valence-electron chi connectivity index (χ4n) is 2.02. The molecule has 0 saturated carbocycles. The highest BCUT2D eigenvalue weighted by Gasteiger charge is 2.07. The van der Waals surface area contributed by atoms with E-state index in [1.807, 2.05) is 6.92 Å². The molecule has 2 aromatic heterocycles. The molecule has 6 heteroatoms. The number of aryl methyl sites for hydroxylation is 1. The summed E-state index contributed by atoms with van der Waals surface area (Å²) < 4.78 is 13.2. The lowest BCUT2D eigenvalue weighted by molar-refractivity contribution is 0.627. The van der Waals surface area contributed by atoms with Crippen molar-refractivity contribution in [2.45, 2.75) is 6.92 Å². The molecule has 0 radical (unpaired) electrons. The number of anilines is 2. The third-order valence-electron chi connectivity index (χ3n) is 3.08. The lowest BCUT2D eigenvalue weighted by Gasteiger charge is -2.10. The smallest absolute Gasteiger partial charge is 0.163 e. The first kappa shape index (κ1) is 14.4. The first-order chi connectivity index (χ1) is 10.6. The highest BCUT2D eigenvalue weighted by atomic mass is 35.5. The predicted octanol–water partition coefficient (Wildman–Crippen LogP) is 4.38. The first-order valence-corrected chi connectivity index (χ1v) is 6.98. The Morgan fingerprint density at radius 1 is 1.05 bits per heavy atom. The van der Waals surface area contributed by atoms with Crippen LogP contribution in [0.1, 0.15) is 5.56 Å². The minimum absolute atomic E-state index is 0.277. The molecule has 0 saturated heterocycles. The molecule has 22 heavy (non-hydrogen) atoms. The van der Waals surface area contributed by atoms with Crippen LogP contribution in [0.3, 0.4) is 0 Å². The van der Waals surface area contributed by atoms with E-state index in [0.717, 1.165) is 16.8 Å². The summed E-state index contributed by atoms with van der Waals surface area (Å²) in [6.07, 6.45) is 3.33. The highest BCUT2D eigenvalue weighted by Crippen LogP contribution is 2.24. The molecule has 3 rings (SSSR count). The van der Waals surface area contributed by atoms with Crippen LogP contribution in [0.15, 0.2) is 48.8 Å². The van der Waals surface area contributed by atoms with Gasteiger partial charge in [0.1, 0.15) is 16.8 Å². The van der Waals surface area contributed by atoms with Crippen molar-refractivity contribution >= 4 is 23.1 Å². The number of hydrogen-bond donors (Lipinski definition) is 1. The van der Waals surface area contributed by atoms with Gasteiger partial charge in [0.15, 0.2) is 5.82 Å². The fraction of sp³-hybridized carbons (Fsp3) is 0.0625. The molecule has 110 valence electrons. The van der Waals surface area contributed by atoms with Gasteiger partial charge in [0.05, 0.1) is 0 Å². The predicted molar refractivity (Wildman–Crippen MR) is 84.7 cm³/mol. The van der Waals surface area contributed by atoms with E-state index in [9.17, 15) is 4.39 Å². The number of nitrogens with zero attached hydrogens (tertiary/aromatic N) is 3. The highest BCUT2D eigenvalue weighted by molar-refractivity contribution is 6.29. The van der Waals surface area contributed by atoms with E-state index in [4.69, 9.17) is 11.6 Å². The SMILES string of the molecule is Cc1cc(F)ccc1Nc1cc(Cl)nc(-c2ccncc2)n1. The topological polar surface area (TPSA) is 50.7 Å². The van der Waals surface area contributed by atoms with Gasteiger partial charge in [-0.15, -0.1) is 0 Å². The second-order valence-electron chi connectivity index (χ2n) is 4.72. The van der Waals surface area contributed by atoms with Crippen LogP contribution in [0.25, 0.3) is 11.4 Å². The van der Waals surface area contributed by atoms with Gasteiger partial charge in [-0.3, -0.25) is 4.98 Å². The molecule has 0 atom stereocenters. The molecule has 0 fully saturated rings. The van der Waals surface area contributed by atoms with Gasteiger partial charge in [-0.25, -0.2) is 14.4 Å². The van der Waals surface area contributed by atoms with Gasteiger partial charge in [-0.1, -0.05) is 11.6 Å². The van der Waals surface area contributed by atoms with E-state index in [1.165, 1.54) is 12.1 Å². The fourth-order valence-corrected chi connectivity index (χ4v) is 2.20. The molecule has 1 N–H and O–H groups in total. The van der Waals surface area contributed by atoms with Gasteiger partial charge >= 0.3 is 0 Å². The summed E-state index contributed by atoms with van der Waals surface area (Å²) in [6.45, 7) is 1.82. The van der Waals surface area contributed by atoms with Gasteiger partial charge < -0.3 is 5.32 Å². The van der Waals surface area contributed by atoms with E-state index in [1.54, 1.807) is 36.7 Å². The summed E-state index contributed by atoms with van der Waals surface area (Å²) in [5.41, 5.74) is 2.36. The zero-order valence-electron chi connectivity index (χ0n) is 11.7. The monoisotopic (exact) mass is 314 g/mol. The van der Waals surface area contributed by atoms with E-state index < -0.39 is 0 Å². The Labute approximate surface area is 132 Å². The maximum Gasteiger partial charge on any atom is 0.163 e. The molecule has 0 bridgehead atoms. The Morgan fingerprint density at radius 3 is 2.55 bits per heavy atom. The van der Waals surface area contributed by atoms with Crippen molar-refractivity contribution in [3.63, 3.8) is 0 Å². The van der Waals surface area contributed by atoms with Crippen LogP contribution in [0.2, 0.25) is 5.15 Å². The second-order valence-corrected chi connectivity index (χ2v) is 5.11. The number of nitrogens with one attached hydrogen (secondary N) is 1. The van der Waals surface area contributed by atoms with Gasteiger partial charge in [0.2, 0.25) is 0 Å². The van der Waals surface area contributed by atoms with E-state index in [2.05, 4.69) is 20.3 Å². The Bertz CT molecular complexity index is 808. The second kappa shape index (κ2) is 6.07. The summed E-state index contributed by atoms with van der Waals surface area (Å²) in [5, 5.41) is 3.46. The van der Waals surface area contributed by atoms with Crippen LogP contribution in [0, 0.1) is 12.7 Å². The van der Waals surface area contributed by atoms with Crippen LogP contribution < -0.4 is 5.32 Å². The van der Waals surface area contributed by atoms with E-state index >= 15 is 0 Å². The van der Waals surface area contributed by atoms with Crippen molar-refractivity contribution in [2.75, 3.05) is 5.32 Å². The number of halogens is 2. The molecule has 0 aliphatic heterocycles. The molecule has 0 amide bonds. The number of benzene rings is 1. The van der Waals surface area contributed by atoms with Gasteiger partial charge in [0, 0.05) is 29.7 Å². The molecular weight excluding hydrogens is 303 g/mol. The quantitative estimate of drug-likeness (QED) is 0.729. The Kier molecular flexibility index (Phi) is 3.98. The van der Waals surface area contributed by atoms with Gasteiger partial charge in [-0.05, 0) is 42.8 Å². The minimum Gasteiger partial charge on any atom is -0.340 e. The Hall–Kier alpha value is -2.53. The summed E-state index contributed by atoms with van der Waals surface area (Å²) in [4.78, 5) is 12.6. The molecule has 1 aromatic carbocycles. The lowest BCUT2D eigenvalue weighted by Crippen LogP contribution is -1.99. The zero-order chi connectivity index (χ0) is 15.5. The zero-order valence-corrected chi connectivity index (χ0v) is 12.5. The van der Waals surface area contributed by atoms with Crippen LogP contribution >= 0.6 is 11.6 Å². The van der Waals surface area contributed by atoms with Crippen molar-refractivity contribution < 1.29 is 4.39 Å². The third kappa shape index (κ3) is 3.20. The molecule has 0 aliphatic carbocycles. The molecule has 0 spiro atoms. The maximum atomic E-state index is 13.2. The molecule has 2 heterocycles. The summed E-state index contributed by atoms with van der Waals surface area (Å²) in [5.74, 6) is 0.764. The summed E-state index contributed by atoms with van der Waals surface area (Å²) >= 11 is 6.06. The average molecular weight is 315 g/mol. The molecular formula is C16H12ClFN4. The molecule has 0 unspecified atom stereocenters. The van der Waals surface area contributed by atoms with Gasteiger partial charge in [-0.2, -0.15) is 0 Å². The maximum absolute atomic E-state index is 13.2. The van der Waals surface area contributed by atoms with Crippen molar-refractivity contribution in [3.8, 4) is 11.4 Å². The van der Waals surface area contributed by atoms with E-state index in [-0.39, 0.29) is 5.82 Å². The summed E-state index contributed by atoms with van der Waals surface area (Å²) in [6, 6.07) is 9.73. The van der Waals surface area contributed by atoms with Gasteiger partial charge in [0.25, 0.3) is 0 Å². The number of rotatable bonds is 3. The average Bonchev–Trinajstić information content (AvgIpc) is 2.50. The number of aromatic nitrogens is 3.